The smallest absolute Gasteiger partial charge is 0.315 e. The number of aliphatic hydroxyl groups is 13. The molecule has 5 saturated heterocycles. The summed E-state index contributed by atoms with van der Waals surface area (Å²) < 4.78 is 65.3. The first-order valence-corrected chi connectivity index (χ1v) is 31.3. The third-order valence-corrected chi connectivity index (χ3v) is 23.3. The maximum atomic E-state index is 15.3. The molecule has 0 aromatic rings. The van der Waals surface area contributed by atoms with Gasteiger partial charge in [-0.2, -0.15) is 0 Å². The second kappa shape index (κ2) is 24.9. The molecule has 0 bridgehead atoms. The highest BCUT2D eigenvalue weighted by Gasteiger charge is 2.70. The minimum Gasteiger partial charge on any atom is -0.463 e. The van der Waals surface area contributed by atoms with Gasteiger partial charge >= 0.3 is 11.9 Å². The van der Waals surface area contributed by atoms with Gasteiger partial charge in [-0.25, -0.2) is 0 Å². The first kappa shape index (κ1) is 67.7. The van der Waals surface area contributed by atoms with Crippen LogP contribution in [0.2, 0.25) is 0 Å². The van der Waals surface area contributed by atoms with Gasteiger partial charge in [0.15, 0.2) is 25.2 Å². The molecule has 498 valence electrons. The fraction of sp³-hybridized carbons (Fsp3) is 0.934. The molecule has 0 unspecified atom stereocenters. The predicted molar refractivity (Wildman–Crippen MR) is 296 cm³/mol. The number of allylic oxidation sites excluding steroid dienone is 2. The summed E-state index contributed by atoms with van der Waals surface area (Å²) in [6.45, 7) is 18.6. The van der Waals surface area contributed by atoms with E-state index in [2.05, 4.69) is 54.5 Å². The van der Waals surface area contributed by atoms with Crippen LogP contribution in [-0.4, -0.2) is 252 Å². The van der Waals surface area contributed by atoms with Crippen molar-refractivity contribution in [3.05, 3.63) is 11.6 Å². The molecule has 0 radical (unpaired) electrons. The van der Waals surface area contributed by atoms with E-state index in [1.165, 1.54) is 19.4 Å². The highest BCUT2D eigenvalue weighted by Crippen LogP contribution is 2.76. The summed E-state index contributed by atoms with van der Waals surface area (Å²) in [4.78, 5) is 27.2. The molecule has 26 nitrogen and oxygen atoms in total. The summed E-state index contributed by atoms with van der Waals surface area (Å²) in [5.74, 6) is -1.23. The first-order valence-electron chi connectivity index (χ1n) is 31.3. The van der Waals surface area contributed by atoms with E-state index in [4.69, 9.17) is 52.1 Å². The van der Waals surface area contributed by atoms with E-state index < -0.39 is 183 Å². The van der Waals surface area contributed by atoms with Crippen LogP contribution in [0.4, 0.5) is 0 Å². The highest BCUT2D eigenvalue weighted by atomic mass is 16.8. The number of aliphatic hydroxyl groups excluding tert-OH is 13. The second-order valence-corrected chi connectivity index (χ2v) is 29.3. The quantitative estimate of drug-likeness (QED) is 0.0601. The van der Waals surface area contributed by atoms with Crippen molar-refractivity contribution in [2.24, 2.45) is 50.2 Å². The van der Waals surface area contributed by atoms with Crippen molar-refractivity contribution < 1.29 is 128 Å². The summed E-state index contributed by atoms with van der Waals surface area (Å²) in [7, 11) is 0. The first-order chi connectivity index (χ1) is 40.6. The van der Waals surface area contributed by atoms with Crippen molar-refractivity contribution in [1.29, 1.82) is 0 Å². The van der Waals surface area contributed by atoms with Crippen LogP contribution in [0.5, 0.6) is 0 Å². The molecule has 5 aliphatic heterocycles. The molecule has 13 N–H and O–H groups in total. The molecule has 0 aromatic carbocycles. The zero-order chi connectivity index (χ0) is 63.6. The highest BCUT2D eigenvalue weighted by molar-refractivity contribution is 5.79. The minimum absolute atomic E-state index is 0.162. The van der Waals surface area contributed by atoms with Gasteiger partial charge in [-0.3, -0.25) is 9.59 Å². The van der Waals surface area contributed by atoms with Crippen molar-refractivity contribution >= 4 is 11.9 Å². The number of hydrogen-bond donors (Lipinski definition) is 13. The third kappa shape index (κ3) is 11.8. The van der Waals surface area contributed by atoms with Crippen LogP contribution in [0, 0.1) is 50.2 Å². The fourth-order valence-electron chi connectivity index (χ4n) is 17.7. The zero-order valence-electron chi connectivity index (χ0n) is 51.6. The molecular formula is C61H98O26. The Morgan fingerprint density at radius 3 is 1.76 bits per heavy atom. The van der Waals surface area contributed by atoms with Gasteiger partial charge in [0.2, 0.25) is 6.29 Å². The molecule has 9 fully saturated rings. The van der Waals surface area contributed by atoms with Crippen LogP contribution >= 0.6 is 0 Å². The summed E-state index contributed by atoms with van der Waals surface area (Å²) in [5, 5.41) is 142. The molecule has 32 atom stereocenters. The van der Waals surface area contributed by atoms with Crippen molar-refractivity contribution in [3.63, 3.8) is 0 Å². The van der Waals surface area contributed by atoms with Crippen LogP contribution in [0.1, 0.15) is 133 Å². The molecule has 4 saturated carbocycles. The van der Waals surface area contributed by atoms with Crippen LogP contribution in [0.3, 0.4) is 0 Å². The molecular weight excluding hydrogens is 1150 g/mol. The Morgan fingerprint density at radius 2 is 1.13 bits per heavy atom. The third-order valence-electron chi connectivity index (χ3n) is 23.3. The largest absolute Gasteiger partial charge is 0.463 e. The van der Waals surface area contributed by atoms with Gasteiger partial charge < -0.3 is 118 Å². The second-order valence-electron chi connectivity index (χ2n) is 29.3. The number of hydrogen-bond acceptors (Lipinski definition) is 26. The van der Waals surface area contributed by atoms with Gasteiger partial charge in [-0.15, -0.1) is 0 Å². The maximum absolute atomic E-state index is 15.3. The van der Waals surface area contributed by atoms with E-state index in [0.29, 0.717) is 38.5 Å². The lowest BCUT2D eigenvalue weighted by atomic mass is 9.33. The summed E-state index contributed by atoms with van der Waals surface area (Å²) in [5.41, 5.74) is -1.19. The van der Waals surface area contributed by atoms with Crippen LogP contribution in [0.25, 0.3) is 0 Å². The lowest BCUT2D eigenvalue weighted by Crippen LogP contribution is -2.66. The SMILES string of the molecule is CC(=O)OC[C@H]1O[C@@H](OC[C@H]2O[C@@H](OC(=O)[C@]34CCC(C)(C)C[C@H]3C3=CC[C@@H]5[C@@]6(C)CC[C@H](O[C@@H]7OC[C@H](O)[C@H](O)[C@H]7O[C@@H]7O[C@@H](C)[C@H](O)[C@@H](O)[C@H]7O)C(C)(C)[C@@H]6CC[C@@]5(C)[C@]3(C)CC4)[C@H](O)[C@@H](O)[C@@H]2O)[C@H](O)[C@@H](O)[C@@H]1O[C@@H]1O[C@@H](C)[C@H](O)[C@@H](O)[C@H]1O. The zero-order valence-corrected chi connectivity index (χ0v) is 51.6. The van der Waals surface area contributed by atoms with Crippen LogP contribution < -0.4 is 0 Å². The lowest BCUT2D eigenvalue weighted by molar-refractivity contribution is -0.364. The topological polar surface area (TPSA) is 399 Å². The summed E-state index contributed by atoms with van der Waals surface area (Å²) in [6, 6.07) is 0. The van der Waals surface area contributed by atoms with Crippen LogP contribution in [0.15, 0.2) is 11.6 Å². The minimum atomic E-state index is -1.91. The van der Waals surface area contributed by atoms with E-state index >= 15 is 4.79 Å². The molecule has 0 spiro atoms. The standard InChI is InChI=1S/C61H98O26/c1-25-36(64)40(68)44(72)51(80-25)85-48-32(24-77-27(3)62)83-50(47(75)43(48)71)79-23-31-39(67)42(70)46(74)53(82-31)87-55(76)61-19-17-56(4,5)21-29(61)28-11-12-34-58(8)15-14-35(57(6,7)33(58)13-16-60(34,10)59(28,9)18-20-61)84-54-49(38(66)30(63)22-78-54)86-52-45(73)41(69)37(65)26(2)81-52/h11,25-26,29-54,63-75H,12-24H2,1-10H3/t25-,26-,29-,30-,31+,32+,33-,34+,35-,36-,37-,38-,39+,40+,41+,42-,43+,44+,45+,46+,47+,48+,49+,50+,51-,52-,53-,54-,58-,59+,60+,61-/m0/s1. The van der Waals surface area contributed by atoms with E-state index in [9.17, 15) is 71.2 Å². The number of carbonyl (C=O) groups is 2. The Hall–Kier alpha value is -2.20. The molecule has 0 amide bonds. The lowest BCUT2D eigenvalue weighted by Gasteiger charge is -2.71. The Morgan fingerprint density at radius 1 is 0.552 bits per heavy atom. The molecule has 5 heterocycles. The monoisotopic (exact) mass is 1250 g/mol. The number of carbonyl (C=O) groups excluding carboxylic acids is 2. The van der Waals surface area contributed by atoms with Crippen molar-refractivity contribution in [2.45, 2.75) is 287 Å². The molecule has 10 aliphatic rings. The molecule has 26 heteroatoms. The van der Waals surface area contributed by atoms with E-state index in [-0.39, 0.29) is 52.1 Å². The van der Waals surface area contributed by atoms with Gasteiger partial charge in [-0.05, 0) is 123 Å². The van der Waals surface area contributed by atoms with Gasteiger partial charge in [0.05, 0.1) is 36.9 Å². The Labute approximate surface area is 507 Å². The number of fused-ring (bicyclic) bond motifs is 7. The van der Waals surface area contributed by atoms with Crippen molar-refractivity contribution in [3.8, 4) is 0 Å². The number of esters is 2. The van der Waals surface area contributed by atoms with Crippen LogP contribution in [-0.2, 0) is 61.7 Å². The van der Waals surface area contributed by atoms with Crippen molar-refractivity contribution in [1.82, 2.24) is 0 Å². The van der Waals surface area contributed by atoms with Gasteiger partial charge in [-0.1, -0.05) is 60.1 Å². The predicted octanol–water partition coefficient (Wildman–Crippen LogP) is -0.946. The van der Waals surface area contributed by atoms with Gasteiger partial charge in [0, 0.05) is 6.92 Å². The molecule has 0 aromatic heterocycles. The summed E-state index contributed by atoms with van der Waals surface area (Å²) >= 11 is 0. The molecule has 5 aliphatic carbocycles. The van der Waals surface area contributed by atoms with Crippen molar-refractivity contribution in [2.75, 3.05) is 19.8 Å². The van der Waals surface area contributed by atoms with E-state index in [0.717, 1.165) is 32.6 Å². The number of ether oxygens (including phenoxy) is 11. The van der Waals surface area contributed by atoms with E-state index in [1.54, 1.807) is 0 Å². The van der Waals surface area contributed by atoms with Gasteiger partial charge in [0.1, 0.15) is 110 Å². The Balaban J connectivity index is 0.830. The normalized spacial score (nSPS) is 53.1. The molecule has 10 rings (SSSR count). The summed E-state index contributed by atoms with van der Waals surface area (Å²) in [6.07, 6.45) is -28.4. The maximum Gasteiger partial charge on any atom is 0.315 e. The van der Waals surface area contributed by atoms with E-state index in [1.807, 2.05) is 0 Å². The Bertz CT molecular complexity index is 2470. The average Bonchev–Trinajstić information content (AvgIpc) is 0.682. The van der Waals surface area contributed by atoms with Gasteiger partial charge in [0.25, 0.3) is 0 Å². The molecule has 87 heavy (non-hydrogen) atoms. The fourth-order valence-corrected chi connectivity index (χ4v) is 17.7. The number of rotatable bonds is 13. The Kier molecular flexibility index (Phi) is 19.4. The average molecular weight is 1250 g/mol.